The van der Waals surface area contributed by atoms with Crippen LogP contribution in [0, 0.1) is 10.1 Å². The van der Waals surface area contributed by atoms with Gasteiger partial charge in [-0.2, -0.15) is 0 Å². The number of carbonyl (C=O) groups excluding carboxylic acids is 3. The Hall–Kier alpha value is -3.48. The van der Waals surface area contributed by atoms with Gasteiger partial charge >= 0.3 is 5.97 Å². The molecule has 178 valence electrons. The third-order valence-corrected chi connectivity index (χ3v) is 6.31. The van der Waals surface area contributed by atoms with E-state index in [0.29, 0.717) is 16.9 Å². The monoisotopic (exact) mass is 579 g/mol. The molecule has 3 atom stereocenters. The zero-order chi connectivity index (χ0) is 24.8. The van der Waals surface area contributed by atoms with E-state index in [-0.39, 0.29) is 18.9 Å². The van der Waals surface area contributed by atoms with Crippen molar-refractivity contribution in [2.24, 2.45) is 0 Å². The van der Waals surface area contributed by atoms with Crippen LogP contribution in [0.3, 0.4) is 0 Å². The third kappa shape index (κ3) is 5.90. The number of likely N-dealkylation sites (tertiary alicyclic amines) is 1. The van der Waals surface area contributed by atoms with Crippen LogP contribution in [0.5, 0.6) is 5.75 Å². The minimum atomic E-state index is -1.03. The standard InChI is InChI=1S/C23H22IN3O7/c1-14(2)20(23(30)34-12-15-8-10-16(11-9-15)27(31)32)26-21(24)19(22(26)29)25-18(28)13-33-17-6-4-3-5-7-17/h3-11,19-21H,1,12-13H2,2H3,(H,25,28). The number of halogens is 1. The summed E-state index contributed by atoms with van der Waals surface area (Å²) in [4.78, 5) is 49.3. The Bertz CT molecular complexity index is 1090. The second-order valence-corrected chi connectivity index (χ2v) is 8.82. The number of alkyl halides is 1. The molecule has 2 aromatic rings. The van der Waals surface area contributed by atoms with Crippen molar-refractivity contribution in [1.29, 1.82) is 0 Å². The number of rotatable bonds is 10. The topological polar surface area (TPSA) is 128 Å². The molecule has 10 nitrogen and oxygen atoms in total. The predicted octanol–water partition coefficient (Wildman–Crippen LogP) is 2.75. The molecular weight excluding hydrogens is 557 g/mol. The van der Waals surface area contributed by atoms with E-state index in [1.807, 2.05) is 28.7 Å². The van der Waals surface area contributed by atoms with Crippen LogP contribution >= 0.6 is 22.6 Å². The lowest BCUT2D eigenvalue weighted by Crippen LogP contribution is -2.72. The van der Waals surface area contributed by atoms with Gasteiger partial charge in [-0.3, -0.25) is 19.7 Å². The first kappa shape index (κ1) is 25.1. The van der Waals surface area contributed by atoms with Gasteiger partial charge in [-0.05, 0) is 42.3 Å². The summed E-state index contributed by atoms with van der Waals surface area (Å²) in [5.41, 5.74) is 0.890. The normalized spacial score (nSPS) is 17.8. The first-order valence-electron chi connectivity index (χ1n) is 10.2. The highest BCUT2D eigenvalue weighted by Crippen LogP contribution is 2.31. The number of nitro groups is 1. The predicted molar refractivity (Wildman–Crippen MR) is 130 cm³/mol. The quantitative estimate of drug-likeness (QED) is 0.0670. The molecule has 1 aliphatic rings. The number of esters is 1. The minimum absolute atomic E-state index is 0.0731. The third-order valence-electron chi connectivity index (χ3n) is 4.99. The van der Waals surface area contributed by atoms with Gasteiger partial charge in [0.15, 0.2) is 12.6 Å². The Morgan fingerprint density at radius 3 is 2.41 bits per heavy atom. The molecule has 0 bridgehead atoms. The highest BCUT2D eigenvalue weighted by molar-refractivity contribution is 14.1. The summed E-state index contributed by atoms with van der Waals surface area (Å²) in [6.45, 7) is 5.04. The Balaban J connectivity index is 1.55. The van der Waals surface area contributed by atoms with Crippen LogP contribution in [0.1, 0.15) is 12.5 Å². The number of amides is 2. The molecule has 2 amide bonds. The number of para-hydroxylation sites is 1. The zero-order valence-electron chi connectivity index (χ0n) is 18.2. The van der Waals surface area contributed by atoms with Crippen molar-refractivity contribution in [3.63, 3.8) is 0 Å². The van der Waals surface area contributed by atoms with E-state index in [2.05, 4.69) is 11.9 Å². The van der Waals surface area contributed by atoms with Crippen LogP contribution in [0.15, 0.2) is 66.7 Å². The first-order valence-corrected chi connectivity index (χ1v) is 11.4. The number of non-ortho nitro benzene ring substituents is 1. The summed E-state index contributed by atoms with van der Waals surface area (Å²) in [6.07, 6.45) is 0. The molecule has 0 radical (unpaired) electrons. The number of nitrogens with one attached hydrogen (secondary N) is 1. The number of nitrogens with zero attached hydrogens (tertiary/aromatic N) is 2. The van der Waals surface area contributed by atoms with Crippen LogP contribution in [0.2, 0.25) is 0 Å². The minimum Gasteiger partial charge on any atom is -0.484 e. The van der Waals surface area contributed by atoms with Crippen LogP contribution in [-0.4, -0.2) is 50.3 Å². The maximum absolute atomic E-state index is 12.8. The summed E-state index contributed by atoms with van der Waals surface area (Å²) >= 11 is 1.97. The van der Waals surface area contributed by atoms with Gasteiger partial charge in [0.1, 0.15) is 22.4 Å². The molecule has 0 aromatic heterocycles. The summed E-state index contributed by atoms with van der Waals surface area (Å²) < 4.78 is 10.2. The smallest absolute Gasteiger partial charge is 0.333 e. The molecule has 11 heteroatoms. The summed E-state index contributed by atoms with van der Waals surface area (Å²) in [6, 6.07) is 12.6. The van der Waals surface area contributed by atoms with Crippen molar-refractivity contribution >= 4 is 46.1 Å². The molecule has 1 saturated heterocycles. The molecule has 0 spiro atoms. The van der Waals surface area contributed by atoms with Crippen LogP contribution in [0.25, 0.3) is 0 Å². The maximum Gasteiger partial charge on any atom is 0.333 e. The second kappa shape index (κ2) is 11.1. The molecule has 34 heavy (non-hydrogen) atoms. The van der Waals surface area contributed by atoms with Gasteiger partial charge in [-0.25, -0.2) is 4.79 Å². The fraction of sp³-hybridized carbons (Fsp3) is 0.261. The average molecular weight is 579 g/mol. The molecule has 3 rings (SSSR count). The largest absolute Gasteiger partial charge is 0.484 e. The summed E-state index contributed by atoms with van der Waals surface area (Å²) in [5.74, 6) is -1.05. The van der Waals surface area contributed by atoms with Gasteiger partial charge < -0.3 is 19.7 Å². The molecule has 1 fully saturated rings. The van der Waals surface area contributed by atoms with Crippen molar-refractivity contribution < 1.29 is 28.8 Å². The van der Waals surface area contributed by atoms with E-state index in [1.165, 1.54) is 29.2 Å². The van der Waals surface area contributed by atoms with E-state index < -0.39 is 38.8 Å². The Kier molecular flexibility index (Phi) is 8.21. The number of β-lactam (4-membered cyclic amide) rings is 1. The number of nitro benzene ring substituents is 1. The van der Waals surface area contributed by atoms with Crippen molar-refractivity contribution in [2.45, 2.75) is 29.7 Å². The maximum atomic E-state index is 12.8. The molecule has 3 unspecified atom stereocenters. The molecule has 1 aliphatic heterocycles. The molecule has 1 heterocycles. The highest BCUT2D eigenvalue weighted by atomic mass is 127. The fourth-order valence-electron chi connectivity index (χ4n) is 3.26. The number of hydrogen-bond acceptors (Lipinski definition) is 7. The van der Waals surface area contributed by atoms with Gasteiger partial charge in [0.2, 0.25) is 5.91 Å². The Morgan fingerprint density at radius 1 is 1.21 bits per heavy atom. The lowest BCUT2D eigenvalue weighted by molar-refractivity contribution is -0.384. The van der Waals surface area contributed by atoms with Crippen molar-refractivity contribution in [2.75, 3.05) is 6.61 Å². The van der Waals surface area contributed by atoms with E-state index in [0.717, 1.165) is 0 Å². The van der Waals surface area contributed by atoms with Crippen LogP contribution in [0.4, 0.5) is 5.69 Å². The van der Waals surface area contributed by atoms with Gasteiger partial charge in [-0.15, -0.1) is 0 Å². The van der Waals surface area contributed by atoms with Crippen molar-refractivity contribution in [1.82, 2.24) is 10.2 Å². The van der Waals surface area contributed by atoms with Crippen molar-refractivity contribution in [3.05, 3.63) is 82.4 Å². The average Bonchev–Trinajstić information content (AvgIpc) is 2.83. The Labute approximate surface area is 209 Å². The molecular formula is C23H22IN3O7. The van der Waals surface area contributed by atoms with Crippen LogP contribution in [-0.2, 0) is 25.7 Å². The lowest BCUT2D eigenvalue weighted by Gasteiger charge is -2.47. The van der Waals surface area contributed by atoms with Gasteiger partial charge in [0.05, 0.1) is 4.92 Å². The fourth-order valence-corrected chi connectivity index (χ4v) is 4.34. The molecule has 2 aromatic carbocycles. The van der Waals surface area contributed by atoms with E-state index in [1.54, 1.807) is 31.2 Å². The van der Waals surface area contributed by atoms with E-state index in [9.17, 15) is 24.5 Å². The second-order valence-electron chi connectivity index (χ2n) is 7.55. The lowest BCUT2D eigenvalue weighted by atomic mass is 10.00. The highest BCUT2D eigenvalue weighted by Gasteiger charge is 2.52. The van der Waals surface area contributed by atoms with Gasteiger partial charge in [0.25, 0.3) is 11.6 Å². The molecule has 1 N–H and O–H groups in total. The van der Waals surface area contributed by atoms with Gasteiger partial charge in [-0.1, -0.05) is 47.4 Å². The summed E-state index contributed by atoms with van der Waals surface area (Å²) in [7, 11) is 0. The SMILES string of the molecule is C=C(C)C(C(=O)OCc1ccc([N+](=O)[O-])cc1)N1C(=O)C(NC(=O)COc2ccccc2)C1I. The zero-order valence-corrected chi connectivity index (χ0v) is 20.3. The van der Waals surface area contributed by atoms with Crippen LogP contribution < -0.4 is 10.1 Å². The Morgan fingerprint density at radius 2 is 1.85 bits per heavy atom. The molecule has 0 aliphatic carbocycles. The number of benzene rings is 2. The van der Waals surface area contributed by atoms with Gasteiger partial charge in [0, 0.05) is 12.1 Å². The van der Waals surface area contributed by atoms with E-state index >= 15 is 0 Å². The molecule has 0 saturated carbocycles. The number of hydrogen-bond donors (Lipinski definition) is 1. The number of ether oxygens (including phenoxy) is 2. The number of carbonyl (C=O) groups is 3. The van der Waals surface area contributed by atoms with Crippen molar-refractivity contribution in [3.8, 4) is 5.75 Å². The van der Waals surface area contributed by atoms with E-state index in [4.69, 9.17) is 9.47 Å². The first-order chi connectivity index (χ1) is 16.2. The summed E-state index contributed by atoms with van der Waals surface area (Å²) in [5, 5.41) is 13.4.